The van der Waals surface area contributed by atoms with Crippen molar-refractivity contribution < 1.29 is 19.5 Å². The monoisotopic (exact) mass is 418 g/mol. The van der Waals surface area contributed by atoms with Gasteiger partial charge in [0.05, 0.1) is 0 Å². The number of amides is 4. The normalized spacial score (nSPS) is 15.5. The van der Waals surface area contributed by atoms with Gasteiger partial charge in [-0.2, -0.15) is 0 Å². The zero-order valence-electron chi connectivity index (χ0n) is 18.0. The molecule has 8 heteroatoms. The summed E-state index contributed by atoms with van der Waals surface area (Å²) in [7, 11) is 3.34. The largest absolute Gasteiger partial charge is 0.480 e. The zero-order chi connectivity index (χ0) is 21.9. The smallest absolute Gasteiger partial charge is 0.326 e. The first-order valence-electron chi connectivity index (χ1n) is 10.7. The first kappa shape index (κ1) is 23.5. The van der Waals surface area contributed by atoms with E-state index in [9.17, 15) is 19.5 Å². The Balaban J connectivity index is 1.81. The Bertz CT molecular complexity index is 690. The molecule has 0 aromatic heterocycles. The molecule has 0 bridgehead atoms. The summed E-state index contributed by atoms with van der Waals surface area (Å²) in [6, 6.07) is 7.69. The van der Waals surface area contributed by atoms with Crippen LogP contribution in [0.4, 0.5) is 9.59 Å². The van der Waals surface area contributed by atoms with E-state index >= 15 is 0 Å². The molecule has 30 heavy (non-hydrogen) atoms. The van der Waals surface area contributed by atoms with E-state index in [1.165, 1.54) is 11.3 Å². The van der Waals surface area contributed by atoms with Crippen molar-refractivity contribution in [3.8, 4) is 0 Å². The number of nitrogens with zero attached hydrogens (tertiary/aromatic N) is 3. The highest BCUT2D eigenvalue weighted by molar-refractivity contribution is 5.82. The number of carboxylic acid groups (broad SMARTS) is 1. The van der Waals surface area contributed by atoms with E-state index in [0.717, 1.165) is 44.3 Å². The minimum Gasteiger partial charge on any atom is -0.480 e. The van der Waals surface area contributed by atoms with Crippen molar-refractivity contribution in [3.63, 3.8) is 0 Å². The van der Waals surface area contributed by atoms with Crippen LogP contribution < -0.4 is 5.32 Å². The highest BCUT2D eigenvalue weighted by Crippen LogP contribution is 2.12. The maximum atomic E-state index is 12.7. The number of benzene rings is 1. The third-order valence-electron chi connectivity index (χ3n) is 5.45. The van der Waals surface area contributed by atoms with E-state index < -0.39 is 18.0 Å². The molecular formula is C22H34N4O4. The zero-order valence-corrected chi connectivity index (χ0v) is 18.0. The molecule has 2 rings (SSSR count). The van der Waals surface area contributed by atoms with Gasteiger partial charge in [-0.05, 0) is 18.4 Å². The van der Waals surface area contributed by atoms with Gasteiger partial charge in [-0.1, -0.05) is 49.6 Å². The lowest BCUT2D eigenvalue weighted by Gasteiger charge is -2.30. The lowest BCUT2D eigenvalue weighted by Crippen LogP contribution is -2.50. The highest BCUT2D eigenvalue weighted by atomic mass is 16.4. The summed E-state index contributed by atoms with van der Waals surface area (Å²) < 4.78 is 0. The molecule has 1 heterocycles. The Morgan fingerprint density at radius 2 is 1.53 bits per heavy atom. The Morgan fingerprint density at radius 3 is 2.13 bits per heavy atom. The van der Waals surface area contributed by atoms with E-state index in [2.05, 4.69) is 5.32 Å². The average Bonchev–Trinajstić information content (AvgIpc) is 2.71. The number of hydrogen-bond donors (Lipinski definition) is 2. The van der Waals surface area contributed by atoms with Gasteiger partial charge in [0.1, 0.15) is 6.04 Å². The molecule has 1 saturated heterocycles. The van der Waals surface area contributed by atoms with Crippen LogP contribution in [0.2, 0.25) is 0 Å². The fourth-order valence-electron chi connectivity index (χ4n) is 3.49. The fourth-order valence-corrected chi connectivity index (χ4v) is 3.49. The lowest BCUT2D eigenvalue weighted by molar-refractivity contribution is -0.139. The van der Waals surface area contributed by atoms with Gasteiger partial charge in [0, 0.05) is 46.7 Å². The van der Waals surface area contributed by atoms with Gasteiger partial charge in [0.2, 0.25) is 0 Å². The minimum atomic E-state index is -1.08. The molecule has 1 aromatic rings. The second-order valence-electron chi connectivity index (χ2n) is 7.91. The number of carbonyl (C=O) groups is 3. The maximum absolute atomic E-state index is 12.7. The second kappa shape index (κ2) is 12.0. The van der Waals surface area contributed by atoms with Crippen LogP contribution in [0.15, 0.2) is 30.3 Å². The molecule has 1 aliphatic heterocycles. The quantitative estimate of drug-likeness (QED) is 0.712. The summed E-state index contributed by atoms with van der Waals surface area (Å²) in [4.78, 5) is 41.6. The van der Waals surface area contributed by atoms with E-state index in [0.29, 0.717) is 13.1 Å². The number of nitrogens with one attached hydrogen (secondary N) is 1. The number of rotatable bonds is 7. The SMILES string of the molecule is CN(CCN(C)C(=O)N1CCCCCCC1)C(=O)N[C@@H](Cc1ccccc1)C(=O)O. The number of carboxylic acids is 1. The molecular weight excluding hydrogens is 384 g/mol. The predicted octanol–water partition coefficient (Wildman–Crippen LogP) is 2.64. The third kappa shape index (κ3) is 7.57. The maximum Gasteiger partial charge on any atom is 0.326 e. The molecule has 1 aliphatic rings. The van der Waals surface area contributed by atoms with Crippen molar-refractivity contribution in [2.24, 2.45) is 0 Å². The van der Waals surface area contributed by atoms with Gasteiger partial charge < -0.3 is 25.1 Å². The van der Waals surface area contributed by atoms with Crippen LogP contribution in [0.3, 0.4) is 0 Å². The van der Waals surface area contributed by atoms with Gasteiger partial charge in [0.15, 0.2) is 0 Å². The van der Waals surface area contributed by atoms with Crippen LogP contribution in [0, 0.1) is 0 Å². The van der Waals surface area contributed by atoms with Crippen molar-refractivity contribution in [2.75, 3.05) is 40.3 Å². The van der Waals surface area contributed by atoms with E-state index in [1.54, 1.807) is 19.0 Å². The van der Waals surface area contributed by atoms with E-state index in [1.807, 2.05) is 35.2 Å². The number of likely N-dealkylation sites (N-methyl/N-ethyl adjacent to an activating group) is 2. The molecule has 1 aromatic carbocycles. The van der Waals surface area contributed by atoms with Gasteiger partial charge in [0.25, 0.3) is 0 Å². The van der Waals surface area contributed by atoms with E-state index in [-0.39, 0.29) is 12.5 Å². The van der Waals surface area contributed by atoms with Gasteiger partial charge in [-0.15, -0.1) is 0 Å². The number of likely N-dealkylation sites (tertiary alicyclic amines) is 1. The summed E-state index contributed by atoms with van der Waals surface area (Å²) in [6.07, 6.45) is 5.82. The number of urea groups is 2. The standard InChI is InChI=1S/C22H34N4O4/c1-24(15-16-25(2)22(30)26-13-9-4-3-5-10-14-26)21(29)23-19(20(27)28)17-18-11-7-6-8-12-18/h6-8,11-12,19H,3-5,9-10,13-17H2,1-2H3,(H,23,29)(H,27,28)/t19-/m0/s1. The molecule has 0 saturated carbocycles. The van der Waals surface area contributed by atoms with Crippen LogP contribution in [0.5, 0.6) is 0 Å². The molecule has 0 unspecified atom stereocenters. The fraction of sp³-hybridized carbons (Fsp3) is 0.591. The molecule has 1 fully saturated rings. The Morgan fingerprint density at radius 1 is 0.967 bits per heavy atom. The van der Waals surface area contributed by atoms with Crippen LogP contribution in [-0.4, -0.2) is 84.2 Å². The first-order chi connectivity index (χ1) is 14.4. The minimum absolute atomic E-state index is 0.0156. The summed E-state index contributed by atoms with van der Waals surface area (Å²) in [5.41, 5.74) is 0.839. The molecule has 8 nitrogen and oxygen atoms in total. The Labute approximate surface area is 178 Å². The molecule has 4 amide bonds. The van der Waals surface area contributed by atoms with Crippen LogP contribution in [0.1, 0.15) is 37.7 Å². The summed E-state index contributed by atoms with van der Waals surface area (Å²) in [5.74, 6) is -1.08. The molecule has 2 N–H and O–H groups in total. The van der Waals surface area contributed by atoms with Crippen molar-refractivity contribution in [1.29, 1.82) is 0 Å². The Hall–Kier alpha value is -2.77. The van der Waals surface area contributed by atoms with Crippen molar-refractivity contribution in [1.82, 2.24) is 20.0 Å². The second-order valence-corrected chi connectivity index (χ2v) is 7.91. The summed E-state index contributed by atoms with van der Waals surface area (Å²) in [5, 5.41) is 12.0. The topological polar surface area (TPSA) is 93.2 Å². The van der Waals surface area contributed by atoms with Gasteiger partial charge >= 0.3 is 18.0 Å². The van der Waals surface area contributed by atoms with Crippen molar-refractivity contribution in [3.05, 3.63) is 35.9 Å². The van der Waals surface area contributed by atoms with Gasteiger partial charge in [-0.3, -0.25) is 0 Å². The average molecular weight is 419 g/mol. The highest BCUT2D eigenvalue weighted by Gasteiger charge is 2.23. The van der Waals surface area contributed by atoms with Crippen LogP contribution in [0.25, 0.3) is 0 Å². The van der Waals surface area contributed by atoms with E-state index in [4.69, 9.17) is 0 Å². The van der Waals surface area contributed by atoms with Crippen molar-refractivity contribution >= 4 is 18.0 Å². The molecule has 0 aliphatic carbocycles. The summed E-state index contributed by atoms with van der Waals surface area (Å²) in [6.45, 7) is 2.26. The lowest BCUT2D eigenvalue weighted by atomic mass is 10.1. The summed E-state index contributed by atoms with van der Waals surface area (Å²) >= 11 is 0. The van der Waals surface area contributed by atoms with Crippen LogP contribution >= 0.6 is 0 Å². The molecule has 0 radical (unpaired) electrons. The molecule has 1 atom stereocenters. The predicted molar refractivity (Wildman–Crippen MR) is 115 cm³/mol. The first-order valence-corrected chi connectivity index (χ1v) is 10.7. The van der Waals surface area contributed by atoms with Crippen molar-refractivity contribution in [2.45, 2.75) is 44.6 Å². The third-order valence-corrected chi connectivity index (χ3v) is 5.45. The van der Waals surface area contributed by atoms with Crippen LogP contribution in [-0.2, 0) is 11.2 Å². The Kier molecular flexibility index (Phi) is 9.44. The number of carbonyl (C=O) groups excluding carboxylic acids is 2. The molecule has 166 valence electrons. The molecule has 0 spiro atoms. The van der Waals surface area contributed by atoms with Gasteiger partial charge in [-0.25, -0.2) is 14.4 Å². The number of hydrogen-bond acceptors (Lipinski definition) is 3. The number of aliphatic carboxylic acids is 1.